The second-order valence-electron chi connectivity index (χ2n) is 11.6. The van der Waals surface area contributed by atoms with Crippen LogP contribution in [0.25, 0.3) is 11.3 Å². The molecule has 0 saturated heterocycles. The molecule has 234 valence electrons. The Labute approximate surface area is 251 Å². The Morgan fingerprint density at radius 2 is 1.65 bits per heavy atom. The first-order valence-electron chi connectivity index (χ1n) is 13.4. The quantitative estimate of drug-likeness (QED) is 0.231. The first kappa shape index (κ1) is 32.6. The van der Waals surface area contributed by atoms with Crippen molar-refractivity contribution in [2.75, 3.05) is 29.4 Å². The number of carbonyl (C=O) groups is 1. The largest absolute Gasteiger partial charge is 0.454 e. The van der Waals surface area contributed by atoms with E-state index in [0.717, 1.165) is 30.7 Å². The number of nitrogens with zero attached hydrogens (tertiary/aromatic N) is 2. The molecule has 2 heterocycles. The van der Waals surface area contributed by atoms with Crippen LogP contribution in [0.2, 0.25) is 25.7 Å². The predicted molar refractivity (Wildman–Crippen MR) is 163 cm³/mol. The Kier molecular flexibility index (Phi) is 9.12. The van der Waals surface area contributed by atoms with Crippen molar-refractivity contribution >= 4 is 39.7 Å². The number of rotatable bonds is 11. The predicted octanol–water partition coefficient (Wildman–Crippen LogP) is 4.86. The van der Waals surface area contributed by atoms with Crippen molar-refractivity contribution in [3.8, 4) is 22.8 Å². The Hall–Kier alpha value is -3.27. The van der Waals surface area contributed by atoms with Crippen molar-refractivity contribution in [2.45, 2.75) is 45.8 Å². The van der Waals surface area contributed by atoms with Gasteiger partial charge in [0.25, 0.3) is 5.91 Å². The average molecular weight is 656 g/mol. The van der Waals surface area contributed by atoms with E-state index in [1.54, 1.807) is 11.5 Å². The number of hydrogen-bond acceptors (Lipinski definition) is 7. The first-order valence-corrected chi connectivity index (χ1v) is 20.8. The van der Waals surface area contributed by atoms with Crippen molar-refractivity contribution in [2.24, 2.45) is 0 Å². The Morgan fingerprint density at radius 1 is 1.00 bits per heavy atom. The van der Waals surface area contributed by atoms with Gasteiger partial charge in [-0.1, -0.05) is 19.6 Å². The molecule has 1 aliphatic rings. The molecule has 1 amide bonds. The van der Waals surface area contributed by atoms with E-state index in [2.05, 4.69) is 25.0 Å². The second kappa shape index (κ2) is 12.0. The van der Waals surface area contributed by atoms with Crippen LogP contribution in [0.1, 0.15) is 21.6 Å². The number of fused-ring (bicyclic) bond motifs is 1. The number of carbonyl (C=O) groups excluding carboxylic acids is 1. The molecule has 1 N–H and O–H groups in total. The molecule has 1 aromatic heterocycles. The number of amides is 1. The van der Waals surface area contributed by atoms with E-state index in [0.29, 0.717) is 48.2 Å². The van der Waals surface area contributed by atoms with Crippen LogP contribution < -0.4 is 13.8 Å². The minimum Gasteiger partial charge on any atom is -0.454 e. The van der Waals surface area contributed by atoms with Gasteiger partial charge in [0.05, 0.1) is 29.5 Å². The summed E-state index contributed by atoms with van der Waals surface area (Å²) in [5, 5.41) is 2.82. The monoisotopic (exact) mass is 655 g/mol. The van der Waals surface area contributed by atoms with Crippen LogP contribution in [0, 0.1) is 18.6 Å². The molecule has 0 bridgehead atoms. The van der Waals surface area contributed by atoms with Gasteiger partial charge in [-0.25, -0.2) is 25.6 Å². The second-order valence-corrected chi connectivity index (χ2v) is 21.2. The number of nitrogens with one attached hydrogen (secondary N) is 1. The molecule has 1 aliphatic heterocycles. The molecule has 3 aromatic rings. The van der Waals surface area contributed by atoms with Gasteiger partial charge in [-0.3, -0.25) is 4.79 Å². The fourth-order valence-electron chi connectivity index (χ4n) is 4.95. The number of halogens is 2. The minimum atomic E-state index is -4.31. The standard InChI is InChI=1S/C28H35F2N3O7S2Si/c1-18-26-21(11-12-31-28(26)34)27(32(18)17-39-13-14-43(4,5)6)22-16-20(33(41(2,35)36)42(3,37)38)8-10-24(22)40-25-9-7-19(29)15-23(25)30/h7-10,15-16H,11-14,17H2,1-6H3,(H,31,34). The Bertz CT molecular complexity index is 1750. The summed E-state index contributed by atoms with van der Waals surface area (Å²) in [5.74, 6) is -2.39. The first-order chi connectivity index (χ1) is 19.9. The zero-order chi connectivity index (χ0) is 31.9. The van der Waals surface area contributed by atoms with Gasteiger partial charge in [-0.15, -0.1) is 0 Å². The van der Waals surface area contributed by atoms with E-state index in [1.165, 1.54) is 18.2 Å². The SMILES string of the molecule is Cc1c2c(c(-c3cc(N(S(C)(=O)=O)S(C)(=O)=O)ccc3Oc3ccc(F)cc3F)n1COCC[Si](C)(C)C)CCNC2=O. The Morgan fingerprint density at radius 3 is 2.26 bits per heavy atom. The third kappa shape index (κ3) is 7.28. The molecular weight excluding hydrogens is 621 g/mol. The van der Waals surface area contributed by atoms with Gasteiger partial charge in [-0.05, 0) is 55.3 Å². The van der Waals surface area contributed by atoms with E-state index in [9.17, 15) is 30.4 Å². The molecule has 0 fully saturated rings. The van der Waals surface area contributed by atoms with Crippen LogP contribution in [0.3, 0.4) is 0 Å². The summed E-state index contributed by atoms with van der Waals surface area (Å²) in [6, 6.07) is 7.50. The highest BCUT2D eigenvalue weighted by Crippen LogP contribution is 2.43. The summed E-state index contributed by atoms with van der Waals surface area (Å²) in [6.45, 7) is 9.20. The lowest BCUT2D eigenvalue weighted by Crippen LogP contribution is -2.35. The maximum atomic E-state index is 14.7. The lowest BCUT2D eigenvalue weighted by molar-refractivity contribution is 0.0867. The lowest BCUT2D eigenvalue weighted by Gasteiger charge is -2.23. The highest BCUT2D eigenvalue weighted by atomic mass is 32.3. The van der Waals surface area contributed by atoms with Crippen LogP contribution >= 0.6 is 0 Å². The molecule has 15 heteroatoms. The van der Waals surface area contributed by atoms with E-state index in [-0.39, 0.29) is 39.1 Å². The van der Waals surface area contributed by atoms with Crippen molar-refractivity contribution in [3.63, 3.8) is 0 Å². The highest BCUT2D eigenvalue weighted by Gasteiger charge is 2.33. The number of hydrogen-bond donors (Lipinski definition) is 1. The molecule has 0 unspecified atom stereocenters. The zero-order valence-electron chi connectivity index (χ0n) is 24.8. The topological polar surface area (TPSA) is 124 Å². The third-order valence-corrected chi connectivity index (χ3v) is 11.8. The van der Waals surface area contributed by atoms with Crippen molar-refractivity contribution in [3.05, 3.63) is 64.9 Å². The van der Waals surface area contributed by atoms with Gasteiger partial charge in [0.1, 0.15) is 18.3 Å². The van der Waals surface area contributed by atoms with E-state index >= 15 is 0 Å². The summed E-state index contributed by atoms with van der Waals surface area (Å²) in [4.78, 5) is 13.0. The molecule has 4 rings (SSSR count). The summed E-state index contributed by atoms with van der Waals surface area (Å²) in [7, 11) is -10.0. The van der Waals surface area contributed by atoms with Crippen molar-refractivity contribution < 1.29 is 39.9 Å². The van der Waals surface area contributed by atoms with Gasteiger partial charge < -0.3 is 19.4 Å². The van der Waals surface area contributed by atoms with Crippen LogP contribution in [0.5, 0.6) is 11.5 Å². The zero-order valence-corrected chi connectivity index (χ0v) is 27.5. The van der Waals surface area contributed by atoms with Crippen molar-refractivity contribution in [1.29, 1.82) is 0 Å². The molecule has 0 spiro atoms. The fourth-order valence-corrected chi connectivity index (χ4v) is 8.67. The summed E-state index contributed by atoms with van der Waals surface area (Å²) in [5.41, 5.74) is 1.99. The maximum absolute atomic E-state index is 14.7. The van der Waals surface area contributed by atoms with Crippen LogP contribution in [0.15, 0.2) is 36.4 Å². The third-order valence-electron chi connectivity index (χ3n) is 6.87. The number of ether oxygens (including phenoxy) is 2. The van der Waals surface area contributed by atoms with Crippen molar-refractivity contribution in [1.82, 2.24) is 9.88 Å². The number of sulfonamides is 2. The van der Waals surface area contributed by atoms with Crippen LogP contribution in [0.4, 0.5) is 14.5 Å². The van der Waals surface area contributed by atoms with E-state index < -0.39 is 39.8 Å². The van der Waals surface area contributed by atoms with Gasteiger partial charge in [0.2, 0.25) is 20.0 Å². The number of benzene rings is 2. The number of aromatic nitrogens is 1. The molecule has 0 atom stereocenters. The number of anilines is 1. The summed E-state index contributed by atoms with van der Waals surface area (Å²) >= 11 is 0. The minimum absolute atomic E-state index is 0.0193. The molecule has 2 aromatic carbocycles. The molecule has 0 aliphatic carbocycles. The van der Waals surface area contributed by atoms with Gasteiger partial charge in [0, 0.05) is 38.5 Å². The molecule has 43 heavy (non-hydrogen) atoms. The molecule has 0 saturated carbocycles. The van der Waals surface area contributed by atoms with Gasteiger partial charge >= 0.3 is 0 Å². The molecule has 10 nitrogen and oxygen atoms in total. The van der Waals surface area contributed by atoms with Crippen LogP contribution in [-0.2, 0) is 37.9 Å². The summed E-state index contributed by atoms with van der Waals surface area (Å²) < 4.78 is 92.9. The Balaban J connectivity index is 1.98. The maximum Gasteiger partial charge on any atom is 0.253 e. The van der Waals surface area contributed by atoms with E-state index in [4.69, 9.17) is 9.47 Å². The molecule has 0 radical (unpaired) electrons. The van der Waals surface area contributed by atoms with Gasteiger partial charge in [0.15, 0.2) is 11.6 Å². The highest BCUT2D eigenvalue weighted by molar-refractivity contribution is 8.09. The molecular formula is C28H35F2N3O7S2Si. The summed E-state index contributed by atoms with van der Waals surface area (Å²) in [6.07, 6.45) is 1.92. The average Bonchev–Trinajstić information content (AvgIpc) is 3.14. The normalized spacial score (nSPS) is 13.9. The van der Waals surface area contributed by atoms with Gasteiger partial charge in [-0.2, -0.15) is 3.71 Å². The van der Waals surface area contributed by atoms with E-state index in [1.807, 2.05) is 0 Å². The van der Waals surface area contributed by atoms with Crippen LogP contribution in [-0.4, -0.2) is 61.0 Å². The fraction of sp³-hybridized carbons (Fsp3) is 0.393. The smallest absolute Gasteiger partial charge is 0.253 e. The lowest BCUT2D eigenvalue weighted by atomic mass is 9.97.